The number of unbranched alkanes of at least 4 members (excludes halogenated alkanes) is 11. The average Bonchev–Trinajstić information content (AvgIpc) is 2.56. The van der Waals surface area contributed by atoms with E-state index in [0.717, 1.165) is 19.3 Å². The lowest BCUT2D eigenvalue weighted by Gasteiger charge is -2.19. The lowest BCUT2D eigenvalue weighted by Crippen LogP contribution is -2.11. The highest BCUT2D eigenvalue weighted by Crippen LogP contribution is 2.24. The van der Waals surface area contributed by atoms with E-state index in [-0.39, 0.29) is 0 Å². The SMILES string of the molecule is CC(C)C(CCCCCCCCCCCCCCC(=O)O)CCC(=O)O. The summed E-state index contributed by atoms with van der Waals surface area (Å²) in [5, 5.41) is 17.4. The zero-order valence-electron chi connectivity index (χ0n) is 17.2. The molecule has 0 fully saturated rings. The van der Waals surface area contributed by atoms with Crippen molar-refractivity contribution in [1.29, 1.82) is 0 Å². The number of carbonyl (C=O) groups is 2. The molecule has 4 heteroatoms. The van der Waals surface area contributed by atoms with Gasteiger partial charge in [-0.3, -0.25) is 9.59 Å². The van der Waals surface area contributed by atoms with Crippen molar-refractivity contribution in [2.75, 3.05) is 0 Å². The fourth-order valence-electron chi connectivity index (χ4n) is 3.57. The molecule has 0 spiro atoms. The Hall–Kier alpha value is -1.06. The Morgan fingerprint density at radius 2 is 0.962 bits per heavy atom. The summed E-state index contributed by atoms with van der Waals surface area (Å²) in [6, 6.07) is 0. The van der Waals surface area contributed by atoms with Crippen LogP contribution in [0.5, 0.6) is 0 Å². The predicted molar refractivity (Wildman–Crippen MR) is 107 cm³/mol. The van der Waals surface area contributed by atoms with Crippen LogP contribution in [-0.2, 0) is 9.59 Å². The highest BCUT2D eigenvalue weighted by Gasteiger charge is 2.14. The Morgan fingerprint density at radius 3 is 1.35 bits per heavy atom. The standard InChI is InChI=1S/C22H42O4/c1-19(2)20(17-18-22(25)26)15-13-11-9-7-5-3-4-6-8-10-12-14-16-21(23)24/h19-20H,3-18H2,1-2H3,(H,23,24)(H,25,26). The molecule has 26 heavy (non-hydrogen) atoms. The Kier molecular flexibility index (Phi) is 16.7. The summed E-state index contributed by atoms with van der Waals surface area (Å²) in [5.41, 5.74) is 0. The Bertz CT molecular complexity index is 352. The van der Waals surface area contributed by atoms with E-state index < -0.39 is 11.9 Å². The molecule has 1 unspecified atom stereocenters. The zero-order valence-corrected chi connectivity index (χ0v) is 17.2. The summed E-state index contributed by atoms with van der Waals surface area (Å²) in [5.74, 6) is -0.207. The van der Waals surface area contributed by atoms with Crippen LogP contribution in [0.25, 0.3) is 0 Å². The van der Waals surface area contributed by atoms with Crippen LogP contribution in [0.15, 0.2) is 0 Å². The topological polar surface area (TPSA) is 74.6 Å². The molecule has 0 bridgehead atoms. The predicted octanol–water partition coefficient (Wildman–Crippen LogP) is 6.67. The number of carboxylic acids is 2. The van der Waals surface area contributed by atoms with Crippen molar-refractivity contribution in [3.8, 4) is 0 Å². The van der Waals surface area contributed by atoms with E-state index in [9.17, 15) is 9.59 Å². The van der Waals surface area contributed by atoms with E-state index >= 15 is 0 Å². The van der Waals surface area contributed by atoms with Crippen molar-refractivity contribution in [3.05, 3.63) is 0 Å². The number of aliphatic carboxylic acids is 2. The molecule has 0 rings (SSSR count). The minimum absolute atomic E-state index is 0.308. The third-order valence-electron chi connectivity index (χ3n) is 5.39. The van der Waals surface area contributed by atoms with Gasteiger partial charge in [0.1, 0.15) is 0 Å². The summed E-state index contributed by atoms with van der Waals surface area (Å²) in [6.45, 7) is 4.41. The number of rotatable bonds is 19. The van der Waals surface area contributed by atoms with Gasteiger partial charge in [0.25, 0.3) is 0 Å². The van der Waals surface area contributed by atoms with Crippen molar-refractivity contribution >= 4 is 11.9 Å². The van der Waals surface area contributed by atoms with Gasteiger partial charge in [0.15, 0.2) is 0 Å². The smallest absolute Gasteiger partial charge is 0.303 e. The molecular formula is C22H42O4. The van der Waals surface area contributed by atoms with E-state index in [1.165, 1.54) is 70.6 Å². The maximum absolute atomic E-state index is 10.7. The largest absolute Gasteiger partial charge is 0.481 e. The third kappa shape index (κ3) is 17.8. The minimum atomic E-state index is -0.676. The van der Waals surface area contributed by atoms with Gasteiger partial charge in [-0.1, -0.05) is 90.9 Å². The Balaban J connectivity index is 3.34. The summed E-state index contributed by atoms with van der Waals surface area (Å²) in [4.78, 5) is 21.1. The molecular weight excluding hydrogens is 328 g/mol. The van der Waals surface area contributed by atoms with Gasteiger partial charge >= 0.3 is 11.9 Å². The molecule has 0 saturated carbocycles. The van der Waals surface area contributed by atoms with Crippen molar-refractivity contribution in [3.63, 3.8) is 0 Å². The number of hydrogen-bond acceptors (Lipinski definition) is 2. The zero-order chi connectivity index (χ0) is 19.6. The van der Waals surface area contributed by atoms with Crippen LogP contribution in [0.4, 0.5) is 0 Å². The van der Waals surface area contributed by atoms with Crippen LogP contribution in [0.1, 0.15) is 117 Å². The van der Waals surface area contributed by atoms with E-state index in [0.29, 0.717) is 24.7 Å². The van der Waals surface area contributed by atoms with E-state index in [4.69, 9.17) is 10.2 Å². The van der Waals surface area contributed by atoms with Crippen LogP contribution in [0, 0.1) is 11.8 Å². The monoisotopic (exact) mass is 370 g/mol. The molecule has 0 aromatic heterocycles. The molecule has 0 heterocycles. The second-order valence-corrected chi connectivity index (χ2v) is 8.11. The van der Waals surface area contributed by atoms with E-state index in [2.05, 4.69) is 13.8 Å². The van der Waals surface area contributed by atoms with Gasteiger partial charge < -0.3 is 10.2 Å². The second kappa shape index (κ2) is 17.4. The van der Waals surface area contributed by atoms with Gasteiger partial charge in [0, 0.05) is 12.8 Å². The molecule has 0 aromatic rings. The summed E-state index contributed by atoms with van der Waals surface area (Å²) >= 11 is 0. The highest BCUT2D eigenvalue weighted by molar-refractivity contribution is 5.66. The van der Waals surface area contributed by atoms with E-state index in [1.54, 1.807) is 0 Å². The first-order chi connectivity index (χ1) is 12.4. The van der Waals surface area contributed by atoms with Crippen molar-refractivity contribution < 1.29 is 19.8 Å². The molecule has 0 radical (unpaired) electrons. The number of hydrogen-bond donors (Lipinski definition) is 2. The summed E-state index contributed by atoms with van der Waals surface area (Å²) in [7, 11) is 0. The summed E-state index contributed by atoms with van der Waals surface area (Å²) < 4.78 is 0. The molecule has 0 saturated heterocycles. The van der Waals surface area contributed by atoms with Crippen molar-refractivity contribution in [2.24, 2.45) is 11.8 Å². The molecule has 0 amide bonds. The van der Waals surface area contributed by atoms with Gasteiger partial charge in [0.05, 0.1) is 0 Å². The third-order valence-corrected chi connectivity index (χ3v) is 5.39. The van der Waals surface area contributed by atoms with Gasteiger partial charge in [-0.15, -0.1) is 0 Å². The minimum Gasteiger partial charge on any atom is -0.481 e. The van der Waals surface area contributed by atoms with Gasteiger partial charge in [-0.2, -0.15) is 0 Å². The van der Waals surface area contributed by atoms with E-state index in [1.807, 2.05) is 0 Å². The lowest BCUT2D eigenvalue weighted by molar-refractivity contribution is -0.138. The molecule has 0 aliphatic rings. The highest BCUT2D eigenvalue weighted by atomic mass is 16.4. The van der Waals surface area contributed by atoms with Crippen LogP contribution in [-0.4, -0.2) is 22.2 Å². The van der Waals surface area contributed by atoms with Crippen LogP contribution in [0.2, 0.25) is 0 Å². The van der Waals surface area contributed by atoms with Gasteiger partial charge in [0.2, 0.25) is 0 Å². The molecule has 0 aliphatic carbocycles. The number of carboxylic acid groups (broad SMARTS) is 2. The Labute approximate surface area is 160 Å². The molecule has 154 valence electrons. The van der Waals surface area contributed by atoms with Crippen LogP contribution < -0.4 is 0 Å². The van der Waals surface area contributed by atoms with Crippen LogP contribution in [0.3, 0.4) is 0 Å². The first kappa shape index (κ1) is 24.9. The normalized spacial score (nSPS) is 12.4. The molecule has 2 N–H and O–H groups in total. The van der Waals surface area contributed by atoms with Crippen molar-refractivity contribution in [1.82, 2.24) is 0 Å². The van der Waals surface area contributed by atoms with Gasteiger partial charge in [-0.25, -0.2) is 0 Å². The average molecular weight is 371 g/mol. The first-order valence-corrected chi connectivity index (χ1v) is 10.9. The van der Waals surface area contributed by atoms with Crippen LogP contribution >= 0.6 is 0 Å². The quantitative estimate of drug-likeness (QED) is 0.249. The summed E-state index contributed by atoms with van der Waals surface area (Å²) in [6.07, 6.45) is 17.3. The molecule has 1 atom stereocenters. The van der Waals surface area contributed by atoms with Gasteiger partial charge in [-0.05, 0) is 24.7 Å². The second-order valence-electron chi connectivity index (χ2n) is 8.11. The Morgan fingerprint density at radius 1 is 0.577 bits per heavy atom. The fourth-order valence-corrected chi connectivity index (χ4v) is 3.57. The maximum atomic E-state index is 10.7. The molecule has 0 aliphatic heterocycles. The first-order valence-electron chi connectivity index (χ1n) is 10.9. The van der Waals surface area contributed by atoms with Crippen molar-refractivity contribution in [2.45, 2.75) is 117 Å². The lowest BCUT2D eigenvalue weighted by atomic mass is 9.86. The maximum Gasteiger partial charge on any atom is 0.303 e. The molecule has 0 aromatic carbocycles. The molecule has 4 nitrogen and oxygen atoms in total. The fraction of sp³-hybridized carbons (Fsp3) is 0.909.